The van der Waals surface area contributed by atoms with Crippen LogP contribution in [0.15, 0.2) is 10.8 Å². The molecule has 2 heterocycles. The summed E-state index contributed by atoms with van der Waals surface area (Å²) in [5, 5.41) is 18.8. The molecule has 20 heavy (non-hydrogen) atoms. The molecule has 3 N–H and O–H groups in total. The predicted octanol–water partition coefficient (Wildman–Crippen LogP) is 1.61. The van der Waals surface area contributed by atoms with E-state index in [0.29, 0.717) is 11.6 Å². The van der Waals surface area contributed by atoms with Gasteiger partial charge in [-0.3, -0.25) is 0 Å². The average molecular weight is 312 g/mol. The molecule has 2 amide bonds. The van der Waals surface area contributed by atoms with Crippen LogP contribution in [0.25, 0.3) is 0 Å². The van der Waals surface area contributed by atoms with Gasteiger partial charge in [-0.25, -0.2) is 19.6 Å². The summed E-state index contributed by atoms with van der Waals surface area (Å²) in [6, 6.07) is -0.345. The summed E-state index contributed by atoms with van der Waals surface area (Å²) >= 11 is 2.72. The number of aromatic carboxylic acids is 1. The molecule has 0 unspecified atom stereocenters. The van der Waals surface area contributed by atoms with Gasteiger partial charge in [0.15, 0.2) is 5.69 Å². The topological polar surface area (TPSA) is 104 Å². The van der Waals surface area contributed by atoms with Crippen LogP contribution in [0.5, 0.6) is 0 Å². The molecule has 0 aliphatic carbocycles. The van der Waals surface area contributed by atoms with Crippen LogP contribution < -0.4 is 10.6 Å². The minimum Gasteiger partial charge on any atom is -0.476 e. The monoisotopic (exact) mass is 312 g/mol. The maximum atomic E-state index is 11.6. The number of carbonyl (C=O) groups is 2. The van der Waals surface area contributed by atoms with Crippen molar-refractivity contribution in [3.05, 3.63) is 32.2 Å². The number of carboxylic acid groups (broad SMARTS) is 1. The summed E-state index contributed by atoms with van der Waals surface area (Å²) in [5.74, 6) is -1.07. The fraction of sp³-hybridized carbons (Fsp3) is 0.273. The summed E-state index contributed by atoms with van der Waals surface area (Å²) in [6.07, 6.45) is 0. The first kappa shape index (κ1) is 14.4. The molecule has 0 aromatic carbocycles. The average Bonchev–Trinajstić information content (AvgIpc) is 3.03. The van der Waals surface area contributed by atoms with Crippen LogP contribution in [-0.4, -0.2) is 27.1 Å². The first-order valence-electron chi connectivity index (χ1n) is 5.65. The van der Waals surface area contributed by atoms with E-state index in [1.165, 1.54) is 28.1 Å². The van der Waals surface area contributed by atoms with Crippen molar-refractivity contribution in [1.29, 1.82) is 0 Å². The molecule has 2 aromatic rings. The quantitative estimate of drug-likeness (QED) is 0.778. The van der Waals surface area contributed by atoms with Gasteiger partial charge >= 0.3 is 12.0 Å². The Balaban J connectivity index is 1.75. The number of nitrogens with zero attached hydrogens (tertiary/aromatic N) is 2. The van der Waals surface area contributed by atoms with Crippen LogP contribution in [0.1, 0.15) is 26.2 Å². The second-order valence-electron chi connectivity index (χ2n) is 3.83. The zero-order valence-electron chi connectivity index (χ0n) is 10.5. The molecular formula is C11H12N4O3S2. The molecule has 0 aliphatic heterocycles. The number of thiazole rings is 2. The SMILES string of the molecule is Cc1nc(CNC(=O)NCc2nc(C(=O)O)cs2)cs1. The number of rotatable bonds is 5. The van der Waals surface area contributed by atoms with E-state index < -0.39 is 5.97 Å². The second kappa shape index (κ2) is 6.44. The first-order chi connectivity index (χ1) is 9.54. The lowest BCUT2D eigenvalue weighted by Gasteiger charge is -2.04. The van der Waals surface area contributed by atoms with Crippen molar-refractivity contribution in [2.24, 2.45) is 0 Å². The minimum atomic E-state index is -1.07. The number of carbonyl (C=O) groups excluding carboxylic acids is 1. The summed E-state index contributed by atoms with van der Waals surface area (Å²) in [4.78, 5) is 30.3. The van der Waals surface area contributed by atoms with Crippen LogP contribution in [0.3, 0.4) is 0 Å². The number of nitrogens with one attached hydrogen (secondary N) is 2. The Hall–Kier alpha value is -2.00. The Bertz CT molecular complexity index is 623. The Kier molecular flexibility index (Phi) is 4.64. The van der Waals surface area contributed by atoms with E-state index >= 15 is 0 Å². The number of urea groups is 1. The predicted molar refractivity (Wildman–Crippen MR) is 75.0 cm³/mol. The van der Waals surface area contributed by atoms with E-state index in [9.17, 15) is 9.59 Å². The Morgan fingerprint density at radius 2 is 1.95 bits per heavy atom. The molecule has 0 saturated heterocycles. The number of carboxylic acids is 1. The molecule has 0 spiro atoms. The smallest absolute Gasteiger partial charge is 0.355 e. The van der Waals surface area contributed by atoms with Crippen molar-refractivity contribution >= 4 is 34.7 Å². The Morgan fingerprint density at radius 1 is 1.20 bits per heavy atom. The highest BCUT2D eigenvalue weighted by molar-refractivity contribution is 7.10. The summed E-state index contributed by atoms with van der Waals surface area (Å²) < 4.78 is 0. The number of amides is 2. The van der Waals surface area contributed by atoms with Gasteiger partial charge in [0, 0.05) is 10.8 Å². The summed E-state index contributed by atoms with van der Waals surface area (Å²) in [6.45, 7) is 2.45. The van der Waals surface area contributed by atoms with Gasteiger partial charge in [-0.05, 0) is 6.92 Å². The fourth-order valence-corrected chi connectivity index (χ4v) is 2.69. The molecule has 0 atom stereocenters. The highest BCUT2D eigenvalue weighted by Crippen LogP contribution is 2.09. The molecule has 0 bridgehead atoms. The number of hydrogen-bond acceptors (Lipinski definition) is 6. The molecule has 0 saturated carbocycles. The fourth-order valence-electron chi connectivity index (χ4n) is 1.37. The highest BCUT2D eigenvalue weighted by atomic mass is 32.1. The summed E-state index contributed by atoms with van der Waals surface area (Å²) in [5.41, 5.74) is 0.801. The van der Waals surface area contributed by atoms with Gasteiger partial charge in [-0.15, -0.1) is 22.7 Å². The second-order valence-corrected chi connectivity index (χ2v) is 5.83. The number of aryl methyl sites for hydroxylation is 1. The van der Waals surface area contributed by atoms with Crippen LogP contribution in [-0.2, 0) is 13.1 Å². The molecule has 2 aromatic heterocycles. The van der Waals surface area contributed by atoms with E-state index in [0.717, 1.165) is 10.7 Å². The van der Waals surface area contributed by atoms with Crippen molar-refractivity contribution in [1.82, 2.24) is 20.6 Å². The van der Waals surface area contributed by atoms with E-state index in [1.807, 2.05) is 12.3 Å². The third-order valence-corrected chi connectivity index (χ3v) is 3.94. The molecule has 0 aliphatic rings. The largest absolute Gasteiger partial charge is 0.476 e. The van der Waals surface area contributed by atoms with Gasteiger partial charge in [0.05, 0.1) is 23.8 Å². The highest BCUT2D eigenvalue weighted by Gasteiger charge is 2.09. The van der Waals surface area contributed by atoms with Gasteiger partial charge in [0.2, 0.25) is 0 Å². The standard InChI is InChI=1S/C11H12N4O3S2/c1-6-14-7(4-19-6)2-12-11(18)13-3-9-15-8(5-20-9)10(16)17/h4-5H,2-3H2,1H3,(H,16,17)(H2,12,13,18). The maximum absolute atomic E-state index is 11.6. The number of hydrogen-bond donors (Lipinski definition) is 3. The molecule has 106 valence electrons. The molecule has 9 heteroatoms. The van der Waals surface area contributed by atoms with Gasteiger partial charge in [0.25, 0.3) is 0 Å². The van der Waals surface area contributed by atoms with E-state index in [1.54, 1.807) is 0 Å². The third kappa shape index (κ3) is 4.00. The molecule has 2 rings (SSSR count). The van der Waals surface area contributed by atoms with Gasteiger partial charge in [-0.2, -0.15) is 0 Å². The van der Waals surface area contributed by atoms with Crippen molar-refractivity contribution in [2.75, 3.05) is 0 Å². The minimum absolute atomic E-state index is 0.00911. The molecule has 0 fully saturated rings. The molecule has 0 radical (unpaired) electrons. The first-order valence-corrected chi connectivity index (χ1v) is 7.41. The Morgan fingerprint density at radius 3 is 2.55 bits per heavy atom. The lowest BCUT2D eigenvalue weighted by Crippen LogP contribution is -2.34. The zero-order chi connectivity index (χ0) is 14.5. The Labute approximate surface area is 122 Å². The number of aromatic nitrogens is 2. The van der Waals surface area contributed by atoms with E-state index in [2.05, 4.69) is 20.6 Å². The zero-order valence-corrected chi connectivity index (χ0v) is 12.2. The van der Waals surface area contributed by atoms with Crippen molar-refractivity contribution in [2.45, 2.75) is 20.0 Å². The maximum Gasteiger partial charge on any atom is 0.355 e. The van der Waals surface area contributed by atoms with Crippen LogP contribution in [0.2, 0.25) is 0 Å². The van der Waals surface area contributed by atoms with Crippen LogP contribution in [0, 0.1) is 6.92 Å². The van der Waals surface area contributed by atoms with Crippen LogP contribution >= 0.6 is 22.7 Å². The third-order valence-electron chi connectivity index (χ3n) is 2.27. The van der Waals surface area contributed by atoms with Crippen molar-refractivity contribution in [3.63, 3.8) is 0 Å². The molecule has 7 nitrogen and oxygen atoms in total. The molecular weight excluding hydrogens is 300 g/mol. The van der Waals surface area contributed by atoms with Crippen LogP contribution in [0.4, 0.5) is 4.79 Å². The van der Waals surface area contributed by atoms with E-state index in [4.69, 9.17) is 5.11 Å². The van der Waals surface area contributed by atoms with Crippen molar-refractivity contribution in [3.8, 4) is 0 Å². The van der Waals surface area contributed by atoms with E-state index in [-0.39, 0.29) is 18.3 Å². The normalized spacial score (nSPS) is 10.2. The summed E-state index contributed by atoms with van der Waals surface area (Å²) in [7, 11) is 0. The lowest BCUT2D eigenvalue weighted by molar-refractivity contribution is 0.0691. The van der Waals surface area contributed by atoms with Gasteiger partial charge < -0.3 is 15.7 Å². The van der Waals surface area contributed by atoms with Crippen molar-refractivity contribution < 1.29 is 14.7 Å². The lowest BCUT2D eigenvalue weighted by atomic mass is 10.5. The van der Waals surface area contributed by atoms with Gasteiger partial charge in [-0.1, -0.05) is 0 Å². The van der Waals surface area contributed by atoms with Gasteiger partial charge in [0.1, 0.15) is 5.01 Å².